The van der Waals surface area contributed by atoms with Crippen molar-refractivity contribution in [3.63, 3.8) is 0 Å². The van der Waals surface area contributed by atoms with Crippen molar-refractivity contribution in [2.24, 2.45) is 0 Å². The number of benzene rings is 2. The third-order valence-electron chi connectivity index (χ3n) is 2.97. The summed E-state index contributed by atoms with van der Waals surface area (Å²) in [6.45, 7) is 4.66. The standard InChI is InChI=1S/C16H15BrCl2O/c1-3-20-15-7-4-10(2)8-13(15)16(17)12-6-5-11(18)9-14(12)19/h4-9,16H,3H2,1-2H3. The Morgan fingerprint density at radius 1 is 1.10 bits per heavy atom. The van der Waals surface area contributed by atoms with Crippen LogP contribution in [0.2, 0.25) is 10.0 Å². The van der Waals surface area contributed by atoms with Gasteiger partial charge in [0, 0.05) is 15.6 Å². The van der Waals surface area contributed by atoms with Gasteiger partial charge in [-0.2, -0.15) is 0 Å². The Morgan fingerprint density at radius 3 is 2.50 bits per heavy atom. The highest BCUT2D eigenvalue weighted by Crippen LogP contribution is 2.40. The van der Waals surface area contributed by atoms with Gasteiger partial charge in [-0.15, -0.1) is 0 Å². The molecule has 0 saturated heterocycles. The van der Waals surface area contributed by atoms with Gasteiger partial charge in [0.15, 0.2) is 0 Å². The summed E-state index contributed by atoms with van der Waals surface area (Å²) in [7, 11) is 0. The summed E-state index contributed by atoms with van der Waals surface area (Å²) in [5.74, 6) is 0.867. The van der Waals surface area contributed by atoms with E-state index in [1.54, 1.807) is 6.07 Å². The van der Waals surface area contributed by atoms with Crippen LogP contribution in [-0.4, -0.2) is 6.61 Å². The van der Waals surface area contributed by atoms with E-state index in [1.807, 2.05) is 31.2 Å². The van der Waals surface area contributed by atoms with Crippen molar-refractivity contribution in [3.8, 4) is 5.75 Å². The second-order valence-corrected chi connectivity index (χ2v) is 6.26. The lowest BCUT2D eigenvalue weighted by Crippen LogP contribution is -2.01. The minimum Gasteiger partial charge on any atom is -0.494 e. The van der Waals surface area contributed by atoms with Crippen LogP contribution < -0.4 is 4.74 Å². The SMILES string of the molecule is CCOc1ccc(C)cc1C(Br)c1ccc(Cl)cc1Cl. The van der Waals surface area contributed by atoms with Crippen LogP contribution in [0.3, 0.4) is 0 Å². The van der Waals surface area contributed by atoms with Gasteiger partial charge >= 0.3 is 0 Å². The van der Waals surface area contributed by atoms with E-state index in [0.717, 1.165) is 16.9 Å². The third-order valence-corrected chi connectivity index (χ3v) is 4.52. The number of ether oxygens (including phenoxy) is 1. The Balaban J connectivity index is 2.46. The van der Waals surface area contributed by atoms with Gasteiger partial charge in [-0.25, -0.2) is 0 Å². The maximum absolute atomic E-state index is 6.29. The van der Waals surface area contributed by atoms with Crippen LogP contribution in [0, 0.1) is 6.92 Å². The number of alkyl halides is 1. The van der Waals surface area contributed by atoms with Gasteiger partial charge < -0.3 is 4.74 Å². The number of aryl methyl sites for hydroxylation is 1. The lowest BCUT2D eigenvalue weighted by Gasteiger charge is -2.17. The van der Waals surface area contributed by atoms with Crippen molar-refractivity contribution >= 4 is 39.1 Å². The molecule has 4 heteroatoms. The van der Waals surface area contributed by atoms with E-state index in [0.29, 0.717) is 16.7 Å². The Labute approximate surface area is 138 Å². The maximum atomic E-state index is 6.29. The van der Waals surface area contributed by atoms with Crippen LogP contribution in [0.5, 0.6) is 5.75 Å². The number of hydrogen-bond donors (Lipinski definition) is 0. The van der Waals surface area contributed by atoms with Crippen molar-refractivity contribution in [3.05, 3.63) is 63.1 Å². The molecule has 0 aliphatic heterocycles. The van der Waals surface area contributed by atoms with Crippen molar-refractivity contribution in [2.75, 3.05) is 6.61 Å². The second kappa shape index (κ2) is 6.84. The third kappa shape index (κ3) is 3.49. The first kappa shape index (κ1) is 15.7. The van der Waals surface area contributed by atoms with Gasteiger partial charge in [-0.3, -0.25) is 0 Å². The van der Waals surface area contributed by atoms with Crippen LogP contribution in [0.25, 0.3) is 0 Å². The molecule has 0 aliphatic rings. The Morgan fingerprint density at radius 2 is 1.85 bits per heavy atom. The first-order valence-electron chi connectivity index (χ1n) is 6.35. The van der Waals surface area contributed by atoms with Crippen LogP contribution in [0.1, 0.15) is 28.4 Å². The van der Waals surface area contributed by atoms with Gasteiger partial charge in [-0.05, 0) is 37.6 Å². The zero-order valence-corrected chi connectivity index (χ0v) is 14.4. The van der Waals surface area contributed by atoms with Crippen LogP contribution in [0.4, 0.5) is 0 Å². The molecule has 106 valence electrons. The summed E-state index contributed by atoms with van der Waals surface area (Å²) in [5, 5.41) is 1.27. The molecule has 0 N–H and O–H groups in total. The monoisotopic (exact) mass is 372 g/mol. The normalized spacial score (nSPS) is 12.2. The molecule has 2 aromatic rings. The summed E-state index contributed by atoms with van der Waals surface area (Å²) in [6.07, 6.45) is 0. The smallest absolute Gasteiger partial charge is 0.123 e. The summed E-state index contributed by atoms with van der Waals surface area (Å²) < 4.78 is 5.70. The fraction of sp³-hybridized carbons (Fsp3) is 0.250. The highest BCUT2D eigenvalue weighted by atomic mass is 79.9. The molecule has 0 radical (unpaired) electrons. The molecule has 1 unspecified atom stereocenters. The molecule has 0 saturated carbocycles. The molecule has 1 nitrogen and oxygen atoms in total. The highest BCUT2D eigenvalue weighted by Gasteiger charge is 2.18. The van der Waals surface area contributed by atoms with E-state index < -0.39 is 0 Å². The molecule has 0 heterocycles. The van der Waals surface area contributed by atoms with Gasteiger partial charge in [-0.1, -0.05) is 62.9 Å². The van der Waals surface area contributed by atoms with Crippen molar-refractivity contribution < 1.29 is 4.74 Å². The zero-order valence-electron chi connectivity index (χ0n) is 11.3. The average molecular weight is 374 g/mol. The van der Waals surface area contributed by atoms with E-state index in [4.69, 9.17) is 27.9 Å². The summed E-state index contributed by atoms with van der Waals surface area (Å²) in [6, 6.07) is 11.7. The molecule has 2 aromatic carbocycles. The van der Waals surface area contributed by atoms with E-state index in [2.05, 4.69) is 28.9 Å². The number of halogens is 3. The highest BCUT2D eigenvalue weighted by molar-refractivity contribution is 9.09. The fourth-order valence-corrected chi connectivity index (χ4v) is 3.43. The maximum Gasteiger partial charge on any atom is 0.123 e. The molecule has 0 aromatic heterocycles. The van der Waals surface area contributed by atoms with Crippen LogP contribution >= 0.6 is 39.1 Å². The minimum absolute atomic E-state index is 0.0336. The first-order valence-corrected chi connectivity index (χ1v) is 8.02. The molecule has 0 bridgehead atoms. The van der Waals surface area contributed by atoms with E-state index in [9.17, 15) is 0 Å². The van der Waals surface area contributed by atoms with Gasteiger partial charge in [0.05, 0.1) is 11.4 Å². The fourth-order valence-electron chi connectivity index (χ4n) is 2.03. The first-order chi connectivity index (χ1) is 9.52. The molecule has 0 fully saturated rings. The van der Waals surface area contributed by atoms with Crippen molar-refractivity contribution in [2.45, 2.75) is 18.7 Å². The van der Waals surface area contributed by atoms with Crippen LogP contribution in [0.15, 0.2) is 36.4 Å². The van der Waals surface area contributed by atoms with E-state index >= 15 is 0 Å². The molecular formula is C16H15BrCl2O. The average Bonchev–Trinajstić information content (AvgIpc) is 2.40. The topological polar surface area (TPSA) is 9.23 Å². The molecule has 0 amide bonds. The van der Waals surface area contributed by atoms with E-state index in [1.165, 1.54) is 5.56 Å². The Hall–Kier alpha value is -0.700. The predicted octanol–water partition coefficient (Wildman–Crippen LogP) is 6.18. The Bertz CT molecular complexity index is 613. The molecule has 1 atom stereocenters. The van der Waals surface area contributed by atoms with Crippen molar-refractivity contribution in [1.82, 2.24) is 0 Å². The molecule has 0 aliphatic carbocycles. The predicted molar refractivity (Wildman–Crippen MR) is 89.6 cm³/mol. The zero-order chi connectivity index (χ0) is 14.7. The van der Waals surface area contributed by atoms with Gasteiger partial charge in [0.25, 0.3) is 0 Å². The summed E-state index contributed by atoms with van der Waals surface area (Å²) in [4.78, 5) is -0.0336. The largest absolute Gasteiger partial charge is 0.494 e. The number of rotatable bonds is 4. The van der Waals surface area contributed by atoms with Gasteiger partial charge in [0.1, 0.15) is 5.75 Å². The molecule has 2 rings (SSSR count). The summed E-state index contributed by atoms with van der Waals surface area (Å²) >= 11 is 16.0. The molecular weight excluding hydrogens is 359 g/mol. The molecule has 0 spiro atoms. The lowest BCUT2D eigenvalue weighted by atomic mass is 10.0. The quantitative estimate of drug-likeness (QED) is 0.581. The van der Waals surface area contributed by atoms with Crippen molar-refractivity contribution in [1.29, 1.82) is 0 Å². The molecule has 20 heavy (non-hydrogen) atoms. The Kier molecular flexibility index (Phi) is 5.36. The summed E-state index contributed by atoms with van der Waals surface area (Å²) in [5.41, 5.74) is 3.22. The number of hydrogen-bond acceptors (Lipinski definition) is 1. The minimum atomic E-state index is -0.0336. The van der Waals surface area contributed by atoms with Crippen LogP contribution in [-0.2, 0) is 0 Å². The van der Waals surface area contributed by atoms with E-state index in [-0.39, 0.29) is 4.83 Å². The second-order valence-electron chi connectivity index (χ2n) is 4.50. The van der Waals surface area contributed by atoms with Gasteiger partial charge in [0.2, 0.25) is 0 Å². The lowest BCUT2D eigenvalue weighted by molar-refractivity contribution is 0.337.